The molecule has 3 heterocycles. The molecule has 106 valence electrons. The van der Waals surface area contributed by atoms with E-state index in [4.69, 9.17) is 0 Å². The predicted molar refractivity (Wildman–Crippen MR) is 90.9 cm³/mol. The number of aryl methyl sites for hydroxylation is 2. The number of aromatic nitrogens is 2. The van der Waals surface area contributed by atoms with Crippen molar-refractivity contribution < 1.29 is 0 Å². The van der Waals surface area contributed by atoms with Crippen LogP contribution in [-0.4, -0.2) is 9.97 Å². The summed E-state index contributed by atoms with van der Waals surface area (Å²) in [5, 5.41) is 3.50. The first-order valence-electron chi connectivity index (χ1n) is 7.04. The van der Waals surface area contributed by atoms with E-state index in [1.807, 2.05) is 35.9 Å². The summed E-state index contributed by atoms with van der Waals surface area (Å²) in [5.74, 6) is 0. The molecule has 0 aromatic carbocycles. The van der Waals surface area contributed by atoms with Crippen LogP contribution in [0.4, 0.5) is 5.69 Å². The number of fused-ring (bicyclic) bond motifs is 2. The van der Waals surface area contributed by atoms with Crippen molar-refractivity contribution in [3.8, 4) is 0 Å². The molecule has 3 nitrogen and oxygen atoms in total. The molecule has 1 aliphatic carbocycles. The van der Waals surface area contributed by atoms with Crippen LogP contribution in [0, 0.1) is 0 Å². The van der Waals surface area contributed by atoms with Crippen LogP contribution in [0.5, 0.6) is 0 Å². The van der Waals surface area contributed by atoms with Gasteiger partial charge in [0.2, 0.25) is 0 Å². The molecule has 0 bridgehead atoms. The lowest BCUT2D eigenvalue weighted by atomic mass is 10.2. The van der Waals surface area contributed by atoms with Gasteiger partial charge in [0.15, 0.2) is 0 Å². The predicted octanol–water partition coefficient (Wildman–Crippen LogP) is 4.55. The Bertz CT molecular complexity index is 791. The fraction of sp³-hybridized carbons (Fsp3) is 0.250. The molecule has 5 heteroatoms. The van der Waals surface area contributed by atoms with Gasteiger partial charge in [-0.2, -0.15) is 0 Å². The third-order valence-electron chi connectivity index (χ3n) is 3.79. The number of rotatable bonds is 3. The van der Waals surface area contributed by atoms with Crippen LogP contribution in [0.1, 0.15) is 21.7 Å². The summed E-state index contributed by atoms with van der Waals surface area (Å²) in [5.41, 5.74) is 4.42. The molecule has 3 aromatic heterocycles. The van der Waals surface area contributed by atoms with Crippen LogP contribution in [0.25, 0.3) is 11.0 Å². The van der Waals surface area contributed by atoms with Crippen LogP contribution in [0.3, 0.4) is 0 Å². The van der Waals surface area contributed by atoms with E-state index in [0.29, 0.717) is 0 Å². The van der Waals surface area contributed by atoms with E-state index in [1.165, 1.54) is 24.1 Å². The highest BCUT2D eigenvalue weighted by Gasteiger charge is 2.14. The molecule has 3 aromatic rings. The third kappa shape index (κ3) is 2.56. The monoisotopic (exact) mass is 359 g/mol. The van der Waals surface area contributed by atoms with Crippen LogP contribution in [-0.2, 0) is 19.4 Å². The van der Waals surface area contributed by atoms with Gasteiger partial charge in [-0.25, -0.2) is 0 Å². The minimum absolute atomic E-state index is 0.856. The molecule has 0 aliphatic heterocycles. The molecule has 0 atom stereocenters. The summed E-state index contributed by atoms with van der Waals surface area (Å²) < 4.78 is 0.953. The number of anilines is 1. The van der Waals surface area contributed by atoms with Crippen molar-refractivity contribution in [1.82, 2.24) is 9.97 Å². The van der Waals surface area contributed by atoms with Crippen LogP contribution in [0.2, 0.25) is 0 Å². The largest absolute Gasteiger partial charge is 0.378 e. The first kappa shape index (κ1) is 13.2. The molecule has 4 rings (SSSR count). The highest BCUT2D eigenvalue weighted by atomic mass is 79.9. The van der Waals surface area contributed by atoms with Gasteiger partial charge in [0.1, 0.15) is 5.52 Å². The van der Waals surface area contributed by atoms with Gasteiger partial charge < -0.3 is 5.32 Å². The number of nitrogens with zero attached hydrogens (tertiary/aromatic N) is 2. The Morgan fingerprint density at radius 3 is 3.10 bits per heavy atom. The van der Waals surface area contributed by atoms with Crippen molar-refractivity contribution in [2.45, 2.75) is 25.8 Å². The molecular weight excluding hydrogens is 346 g/mol. The average molecular weight is 360 g/mol. The minimum atomic E-state index is 0.856. The summed E-state index contributed by atoms with van der Waals surface area (Å²) in [4.78, 5) is 11.8. The van der Waals surface area contributed by atoms with Crippen molar-refractivity contribution in [3.63, 3.8) is 0 Å². The summed E-state index contributed by atoms with van der Waals surface area (Å²) in [6.07, 6.45) is 7.47. The topological polar surface area (TPSA) is 37.8 Å². The molecule has 0 unspecified atom stereocenters. The highest BCUT2D eigenvalue weighted by Crippen LogP contribution is 2.31. The molecule has 0 radical (unpaired) electrons. The van der Waals surface area contributed by atoms with Gasteiger partial charge in [-0.15, -0.1) is 11.3 Å². The second-order valence-corrected chi connectivity index (χ2v) is 7.38. The Hall–Kier alpha value is -1.46. The number of halogens is 1. The lowest BCUT2D eigenvalue weighted by Gasteiger charge is -2.07. The van der Waals surface area contributed by atoms with Crippen LogP contribution < -0.4 is 5.32 Å². The summed E-state index contributed by atoms with van der Waals surface area (Å²) >= 11 is 5.38. The summed E-state index contributed by atoms with van der Waals surface area (Å²) in [6.45, 7) is 0.856. The first-order chi connectivity index (χ1) is 10.3. The van der Waals surface area contributed by atoms with E-state index >= 15 is 0 Å². The maximum absolute atomic E-state index is 4.47. The lowest BCUT2D eigenvalue weighted by molar-refractivity contribution is 0.913. The molecule has 21 heavy (non-hydrogen) atoms. The Morgan fingerprint density at radius 1 is 1.24 bits per heavy atom. The molecular formula is C16H14BrN3S. The number of thiophene rings is 1. The van der Waals surface area contributed by atoms with E-state index in [1.54, 1.807) is 10.4 Å². The van der Waals surface area contributed by atoms with Gasteiger partial charge in [0.25, 0.3) is 0 Å². The summed E-state index contributed by atoms with van der Waals surface area (Å²) in [7, 11) is 0. The fourth-order valence-electron chi connectivity index (χ4n) is 2.81. The van der Waals surface area contributed by atoms with Gasteiger partial charge in [-0.1, -0.05) is 0 Å². The molecule has 0 fully saturated rings. The van der Waals surface area contributed by atoms with Gasteiger partial charge in [-0.3, -0.25) is 9.97 Å². The zero-order valence-corrected chi connectivity index (χ0v) is 13.8. The molecule has 0 spiro atoms. The van der Waals surface area contributed by atoms with Crippen molar-refractivity contribution in [2.24, 2.45) is 0 Å². The molecule has 1 aliphatic rings. The van der Waals surface area contributed by atoms with Crippen molar-refractivity contribution in [3.05, 3.63) is 50.4 Å². The fourth-order valence-corrected chi connectivity index (χ4v) is 4.33. The van der Waals surface area contributed by atoms with E-state index in [0.717, 1.165) is 27.7 Å². The Balaban J connectivity index is 1.59. The SMILES string of the molecule is Brc1cnc2c(NCc3cc4c(s3)CCC4)ccnc2c1. The highest BCUT2D eigenvalue weighted by molar-refractivity contribution is 9.10. The standard InChI is InChI=1S/C16H14BrN3S/c17-11-7-14-16(20-8-11)13(4-5-18-14)19-9-12-6-10-2-1-3-15(10)21-12/h4-8H,1-3,9H2,(H,18,19). The van der Waals surface area contributed by atoms with Crippen molar-refractivity contribution in [1.29, 1.82) is 0 Å². The molecule has 1 N–H and O–H groups in total. The maximum Gasteiger partial charge on any atom is 0.112 e. The van der Waals surface area contributed by atoms with Gasteiger partial charge >= 0.3 is 0 Å². The second-order valence-electron chi connectivity index (χ2n) is 5.25. The lowest BCUT2D eigenvalue weighted by Crippen LogP contribution is -1.99. The minimum Gasteiger partial charge on any atom is -0.378 e. The van der Waals surface area contributed by atoms with Crippen LogP contribution >= 0.6 is 27.3 Å². The summed E-state index contributed by atoms with van der Waals surface area (Å²) in [6, 6.07) is 6.34. The number of hydrogen-bond acceptors (Lipinski definition) is 4. The third-order valence-corrected chi connectivity index (χ3v) is 5.47. The number of nitrogens with one attached hydrogen (secondary N) is 1. The van der Waals surface area contributed by atoms with Gasteiger partial charge in [-0.05, 0) is 59.0 Å². The van der Waals surface area contributed by atoms with Gasteiger partial charge in [0.05, 0.1) is 11.2 Å². The Kier molecular flexibility index (Phi) is 3.39. The Labute approximate surface area is 135 Å². The van der Waals surface area contributed by atoms with E-state index in [9.17, 15) is 0 Å². The quantitative estimate of drug-likeness (QED) is 0.744. The zero-order valence-electron chi connectivity index (χ0n) is 11.4. The average Bonchev–Trinajstić information content (AvgIpc) is 3.05. The van der Waals surface area contributed by atoms with Crippen molar-refractivity contribution >= 4 is 44.0 Å². The molecule has 0 saturated carbocycles. The number of hydrogen-bond donors (Lipinski definition) is 1. The molecule has 0 saturated heterocycles. The normalized spacial score (nSPS) is 13.6. The Morgan fingerprint density at radius 2 is 2.19 bits per heavy atom. The van der Waals surface area contributed by atoms with Crippen LogP contribution in [0.15, 0.2) is 35.1 Å². The smallest absolute Gasteiger partial charge is 0.112 e. The maximum atomic E-state index is 4.47. The first-order valence-corrected chi connectivity index (χ1v) is 8.65. The van der Waals surface area contributed by atoms with E-state index in [2.05, 4.69) is 37.3 Å². The van der Waals surface area contributed by atoms with Gasteiger partial charge in [0, 0.05) is 33.2 Å². The number of pyridine rings is 2. The van der Waals surface area contributed by atoms with E-state index in [-0.39, 0.29) is 0 Å². The van der Waals surface area contributed by atoms with E-state index < -0.39 is 0 Å². The second kappa shape index (κ2) is 5.39. The van der Waals surface area contributed by atoms with Crippen molar-refractivity contribution in [2.75, 3.05) is 5.32 Å². The molecule has 0 amide bonds. The zero-order chi connectivity index (χ0) is 14.2.